The fraction of sp³-hybridized carbons (Fsp3) is 0. The third-order valence-electron chi connectivity index (χ3n) is 3.04. The molecule has 0 aliphatic rings. The van der Waals surface area contributed by atoms with Crippen LogP contribution in [0.2, 0.25) is 0 Å². The van der Waals surface area contributed by atoms with E-state index in [1.165, 1.54) is 22.7 Å². The summed E-state index contributed by atoms with van der Waals surface area (Å²) in [6.07, 6.45) is 1.31. The summed E-state index contributed by atoms with van der Waals surface area (Å²) < 4.78 is 2.36. The first-order valence-electron chi connectivity index (χ1n) is 5.92. The summed E-state index contributed by atoms with van der Waals surface area (Å²) in [4.78, 5) is 14.7. The maximum atomic E-state index is 10.8. The van der Waals surface area contributed by atoms with Crippen LogP contribution in [0.1, 0.15) is 5.69 Å². The highest BCUT2D eigenvalue weighted by Crippen LogP contribution is 2.26. The largest absolute Gasteiger partial charge is 0.286 e. The molecule has 0 saturated heterocycles. The van der Waals surface area contributed by atoms with E-state index in [4.69, 9.17) is 0 Å². The van der Waals surface area contributed by atoms with Crippen LogP contribution < -0.4 is 0 Å². The highest BCUT2D eigenvalue weighted by atomic mass is 79.9. The van der Waals surface area contributed by atoms with Gasteiger partial charge in [-0.05, 0) is 18.2 Å². The molecular formula is C14H7BrN4O2. The lowest BCUT2D eigenvalue weighted by atomic mass is 10.1. The fourth-order valence-electron chi connectivity index (χ4n) is 2.06. The molecule has 0 spiro atoms. The molecule has 2 aromatic heterocycles. The summed E-state index contributed by atoms with van der Waals surface area (Å²) in [5, 5.41) is 20.2. The number of imidazole rings is 1. The first-order chi connectivity index (χ1) is 10.1. The Kier molecular flexibility index (Phi) is 3.16. The van der Waals surface area contributed by atoms with Crippen molar-refractivity contribution in [3.63, 3.8) is 0 Å². The van der Waals surface area contributed by atoms with E-state index in [9.17, 15) is 15.4 Å². The normalized spacial score (nSPS) is 10.5. The van der Waals surface area contributed by atoms with Crippen LogP contribution in [0.4, 0.5) is 5.69 Å². The van der Waals surface area contributed by atoms with Crippen molar-refractivity contribution in [2.45, 2.75) is 0 Å². The summed E-state index contributed by atoms with van der Waals surface area (Å²) >= 11 is 3.35. The average molecular weight is 343 g/mol. The predicted octanol–water partition coefficient (Wildman–Crippen LogP) is 3.54. The van der Waals surface area contributed by atoms with Crippen molar-refractivity contribution in [2.24, 2.45) is 0 Å². The number of hydrogen-bond acceptors (Lipinski definition) is 4. The van der Waals surface area contributed by atoms with Crippen LogP contribution in [0.15, 0.2) is 47.1 Å². The lowest BCUT2D eigenvalue weighted by Crippen LogP contribution is -1.93. The molecule has 0 N–H and O–H groups in total. The van der Waals surface area contributed by atoms with Crippen LogP contribution in [0.5, 0.6) is 0 Å². The maximum Gasteiger partial charge on any atom is 0.286 e. The van der Waals surface area contributed by atoms with E-state index in [0.29, 0.717) is 11.3 Å². The molecule has 0 unspecified atom stereocenters. The second-order valence-electron chi connectivity index (χ2n) is 4.30. The number of nitrogens with zero attached hydrogens (tertiary/aromatic N) is 4. The van der Waals surface area contributed by atoms with E-state index in [1.54, 1.807) is 0 Å². The molecule has 0 fully saturated rings. The molecule has 3 rings (SSSR count). The summed E-state index contributed by atoms with van der Waals surface area (Å²) in [5.41, 5.74) is 1.97. The minimum absolute atomic E-state index is 0.0845. The molecule has 2 heterocycles. The minimum atomic E-state index is -0.500. The van der Waals surface area contributed by atoms with E-state index in [1.807, 2.05) is 24.3 Å². The van der Waals surface area contributed by atoms with Crippen LogP contribution in [0.25, 0.3) is 16.9 Å². The second-order valence-corrected chi connectivity index (χ2v) is 5.22. The molecule has 7 heteroatoms. The highest BCUT2D eigenvalue weighted by Gasteiger charge is 2.16. The smallest absolute Gasteiger partial charge is 0.284 e. The minimum Gasteiger partial charge on any atom is -0.284 e. The molecule has 0 saturated carbocycles. The van der Waals surface area contributed by atoms with Gasteiger partial charge in [0.05, 0.1) is 11.1 Å². The van der Waals surface area contributed by atoms with Gasteiger partial charge in [0.25, 0.3) is 5.69 Å². The van der Waals surface area contributed by atoms with Gasteiger partial charge in [-0.1, -0.05) is 28.1 Å². The standard InChI is InChI=1S/C14H7BrN4O2/c15-10-3-1-9(2-4-10)14-12(7-16)18-8-11(19(20)21)5-6-13(18)17-14/h1-6,8H. The number of nitriles is 1. The third-order valence-corrected chi connectivity index (χ3v) is 3.57. The first kappa shape index (κ1) is 13.3. The van der Waals surface area contributed by atoms with E-state index in [2.05, 4.69) is 27.0 Å². The summed E-state index contributed by atoms with van der Waals surface area (Å²) in [6, 6.07) is 12.3. The predicted molar refractivity (Wildman–Crippen MR) is 79.7 cm³/mol. The topological polar surface area (TPSA) is 84.2 Å². The van der Waals surface area contributed by atoms with Gasteiger partial charge in [-0.15, -0.1) is 0 Å². The Balaban J connectivity index is 2.27. The van der Waals surface area contributed by atoms with Crippen molar-refractivity contribution < 1.29 is 4.92 Å². The average Bonchev–Trinajstić information content (AvgIpc) is 2.85. The zero-order valence-electron chi connectivity index (χ0n) is 10.5. The van der Waals surface area contributed by atoms with Gasteiger partial charge >= 0.3 is 0 Å². The zero-order chi connectivity index (χ0) is 15.0. The van der Waals surface area contributed by atoms with E-state index in [0.717, 1.165) is 10.0 Å². The van der Waals surface area contributed by atoms with Crippen LogP contribution in [-0.2, 0) is 0 Å². The Morgan fingerprint density at radius 3 is 2.57 bits per heavy atom. The number of halogens is 1. The van der Waals surface area contributed by atoms with Crippen LogP contribution >= 0.6 is 15.9 Å². The van der Waals surface area contributed by atoms with Gasteiger partial charge in [-0.3, -0.25) is 14.5 Å². The van der Waals surface area contributed by atoms with Gasteiger partial charge in [0.2, 0.25) is 0 Å². The van der Waals surface area contributed by atoms with E-state index >= 15 is 0 Å². The van der Waals surface area contributed by atoms with Gasteiger partial charge in [0.1, 0.15) is 17.4 Å². The molecule has 0 aliphatic heterocycles. The Labute approximate surface area is 127 Å². The lowest BCUT2D eigenvalue weighted by molar-refractivity contribution is -0.385. The van der Waals surface area contributed by atoms with Crippen LogP contribution in [0, 0.1) is 21.4 Å². The monoisotopic (exact) mass is 342 g/mol. The molecule has 0 amide bonds. The molecule has 1 aromatic carbocycles. The number of pyridine rings is 1. The first-order valence-corrected chi connectivity index (χ1v) is 6.72. The lowest BCUT2D eigenvalue weighted by Gasteiger charge is -1.98. The van der Waals surface area contributed by atoms with Gasteiger partial charge in [-0.25, -0.2) is 4.98 Å². The number of aromatic nitrogens is 2. The molecule has 102 valence electrons. The van der Waals surface area contributed by atoms with Crippen LogP contribution in [-0.4, -0.2) is 14.3 Å². The Hall–Kier alpha value is -2.72. The fourth-order valence-corrected chi connectivity index (χ4v) is 2.32. The van der Waals surface area contributed by atoms with Crippen molar-refractivity contribution in [1.29, 1.82) is 5.26 Å². The Bertz CT molecular complexity index is 894. The van der Waals surface area contributed by atoms with Gasteiger partial charge in [-0.2, -0.15) is 5.26 Å². The van der Waals surface area contributed by atoms with E-state index in [-0.39, 0.29) is 11.4 Å². The molecular weight excluding hydrogens is 336 g/mol. The van der Waals surface area contributed by atoms with Crippen molar-refractivity contribution in [1.82, 2.24) is 9.38 Å². The summed E-state index contributed by atoms with van der Waals surface area (Å²) in [7, 11) is 0. The highest BCUT2D eigenvalue weighted by molar-refractivity contribution is 9.10. The van der Waals surface area contributed by atoms with Crippen molar-refractivity contribution >= 4 is 27.3 Å². The molecule has 3 aromatic rings. The van der Waals surface area contributed by atoms with Gasteiger partial charge in [0, 0.05) is 16.1 Å². The molecule has 0 atom stereocenters. The Morgan fingerprint density at radius 2 is 1.95 bits per heavy atom. The number of hydrogen-bond donors (Lipinski definition) is 0. The third kappa shape index (κ3) is 2.26. The van der Waals surface area contributed by atoms with Crippen molar-refractivity contribution in [3.05, 3.63) is 62.9 Å². The van der Waals surface area contributed by atoms with Gasteiger partial charge < -0.3 is 0 Å². The Morgan fingerprint density at radius 1 is 1.24 bits per heavy atom. The second kappa shape index (κ2) is 5.00. The van der Waals surface area contributed by atoms with Gasteiger partial charge in [0.15, 0.2) is 5.69 Å². The number of nitro groups is 1. The number of fused-ring (bicyclic) bond motifs is 1. The van der Waals surface area contributed by atoms with Crippen molar-refractivity contribution in [3.8, 4) is 17.3 Å². The quantitative estimate of drug-likeness (QED) is 0.526. The molecule has 0 radical (unpaired) electrons. The number of rotatable bonds is 2. The number of benzene rings is 1. The molecule has 0 bridgehead atoms. The van der Waals surface area contributed by atoms with Crippen LogP contribution in [0.3, 0.4) is 0 Å². The zero-order valence-corrected chi connectivity index (χ0v) is 12.1. The summed E-state index contributed by atoms with van der Waals surface area (Å²) in [5.74, 6) is 0. The SMILES string of the molecule is N#Cc1c(-c2ccc(Br)cc2)nc2ccc([N+](=O)[O-])cn12. The summed E-state index contributed by atoms with van der Waals surface area (Å²) in [6.45, 7) is 0. The molecule has 6 nitrogen and oxygen atoms in total. The van der Waals surface area contributed by atoms with Crippen molar-refractivity contribution in [2.75, 3.05) is 0 Å². The van der Waals surface area contributed by atoms with E-state index < -0.39 is 4.92 Å². The maximum absolute atomic E-state index is 10.8. The molecule has 0 aliphatic carbocycles. The molecule has 21 heavy (non-hydrogen) atoms.